The molecule has 5 rings (SSSR count). The highest BCUT2D eigenvalue weighted by atomic mass is 16.5. The van der Waals surface area contributed by atoms with E-state index in [2.05, 4.69) is 30.6 Å². The molecule has 0 atom stereocenters. The van der Waals surface area contributed by atoms with Crippen LogP contribution in [0, 0.1) is 5.41 Å². The number of nitrogens with one attached hydrogen (secondary N) is 2. The Morgan fingerprint density at radius 2 is 1.76 bits per heavy atom. The Labute approximate surface area is 239 Å². The predicted octanol–water partition coefficient (Wildman–Crippen LogP) is 2.02. The molecule has 3 aromatic rings. The number of hydrogen-bond donors (Lipinski definition) is 4. The first-order valence-corrected chi connectivity index (χ1v) is 14.3. The number of carbonyl (C=O) groups excluding carboxylic acids is 2. The van der Waals surface area contributed by atoms with Crippen LogP contribution in [-0.4, -0.2) is 86.3 Å². The number of carbonyl (C=O) groups is 2. The summed E-state index contributed by atoms with van der Waals surface area (Å²) < 4.78 is 6.88. The average molecular weight is 565 g/mol. The molecule has 1 aliphatic heterocycles. The van der Waals surface area contributed by atoms with Crippen molar-refractivity contribution < 1.29 is 19.4 Å². The van der Waals surface area contributed by atoms with Crippen LogP contribution in [0.4, 0.5) is 5.82 Å². The van der Waals surface area contributed by atoms with E-state index in [1.165, 1.54) is 6.33 Å². The molecule has 0 unspecified atom stereocenters. The van der Waals surface area contributed by atoms with Gasteiger partial charge >= 0.3 is 0 Å². The fraction of sp³-hybridized carbons (Fsp3) is 0.552. The summed E-state index contributed by atoms with van der Waals surface area (Å²) in [5.74, 6) is 0.472. The number of rotatable bonds is 8. The van der Waals surface area contributed by atoms with Crippen molar-refractivity contribution in [1.82, 2.24) is 35.1 Å². The van der Waals surface area contributed by atoms with Crippen molar-refractivity contribution >= 4 is 23.1 Å². The zero-order valence-electron chi connectivity index (χ0n) is 24.0. The van der Waals surface area contributed by atoms with Crippen LogP contribution < -0.4 is 21.1 Å². The van der Waals surface area contributed by atoms with E-state index in [1.807, 2.05) is 19.9 Å². The fourth-order valence-corrected chi connectivity index (χ4v) is 5.86. The summed E-state index contributed by atoms with van der Waals surface area (Å²) >= 11 is 0. The Morgan fingerprint density at radius 3 is 2.44 bits per heavy atom. The number of nitrogens with zero attached hydrogens (tertiary/aromatic N) is 5. The van der Waals surface area contributed by atoms with Gasteiger partial charge in [0, 0.05) is 49.5 Å². The van der Waals surface area contributed by atoms with Gasteiger partial charge in [-0.15, -0.1) is 0 Å². The van der Waals surface area contributed by atoms with Crippen LogP contribution in [-0.2, 0) is 4.79 Å². The highest BCUT2D eigenvalue weighted by molar-refractivity contribution is 6.05. The van der Waals surface area contributed by atoms with E-state index in [0.29, 0.717) is 29.2 Å². The van der Waals surface area contributed by atoms with E-state index in [-0.39, 0.29) is 35.8 Å². The maximum absolute atomic E-state index is 13.5. The van der Waals surface area contributed by atoms with Gasteiger partial charge in [0.2, 0.25) is 11.8 Å². The quantitative estimate of drug-likeness (QED) is 0.321. The number of piperidine rings is 1. The molecule has 41 heavy (non-hydrogen) atoms. The third-order valence-corrected chi connectivity index (χ3v) is 8.26. The van der Waals surface area contributed by atoms with E-state index in [9.17, 15) is 14.7 Å². The Morgan fingerprint density at radius 1 is 1.07 bits per heavy atom. The van der Waals surface area contributed by atoms with Gasteiger partial charge in [-0.3, -0.25) is 9.59 Å². The number of methoxy groups -OCH3 is 1. The topological polar surface area (TPSA) is 160 Å². The van der Waals surface area contributed by atoms with E-state index in [0.717, 1.165) is 57.2 Å². The van der Waals surface area contributed by atoms with E-state index in [4.69, 9.17) is 10.5 Å². The molecule has 3 aromatic heterocycles. The van der Waals surface area contributed by atoms with Crippen molar-refractivity contribution in [3.63, 3.8) is 0 Å². The molecule has 0 aromatic carbocycles. The third kappa shape index (κ3) is 6.43. The Balaban J connectivity index is 1.20. The number of amides is 2. The average Bonchev–Trinajstić information content (AvgIpc) is 3.36. The molecule has 2 fully saturated rings. The van der Waals surface area contributed by atoms with Gasteiger partial charge in [-0.1, -0.05) is 0 Å². The number of nitrogen functional groups attached to an aromatic ring is 1. The number of fused-ring (bicyclic) bond motifs is 1. The molecule has 0 spiro atoms. The molecule has 12 nitrogen and oxygen atoms in total. The van der Waals surface area contributed by atoms with Crippen molar-refractivity contribution in [2.24, 2.45) is 5.41 Å². The standard InChI is InChI=1S/C29H40N8O4/c1-29(2,16-36-12-9-21(38)10-13-36)28(40)35-20-6-4-19(5-7-20)34-27(39)22-15-23(18-8-11-31-24(14-18)41-3)37-25(22)26(30)32-17-33-37/h8,11,14-15,17,19-21,38H,4-7,9-10,12-13,16H2,1-3H3,(H,34,39)(H,35,40)(H2,30,32,33). The maximum atomic E-state index is 13.5. The van der Waals surface area contributed by atoms with Gasteiger partial charge in [0.15, 0.2) is 5.82 Å². The van der Waals surface area contributed by atoms with Gasteiger partial charge in [-0.2, -0.15) is 5.10 Å². The second kappa shape index (κ2) is 12.0. The summed E-state index contributed by atoms with van der Waals surface area (Å²) in [5.41, 5.74) is 7.97. The largest absolute Gasteiger partial charge is 0.481 e. The van der Waals surface area contributed by atoms with Crippen molar-refractivity contribution in [3.8, 4) is 17.1 Å². The molecule has 12 heteroatoms. The number of aliphatic hydroxyl groups is 1. The Bertz CT molecular complexity index is 1390. The van der Waals surface area contributed by atoms with Crippen LogP contribution in [0.3, 0.4) is 0 Å². The predicted molar refractivity (Wildman–Crippen MR) is 154 cm³/mol. The monoisotopic (exact) mass is 564 g/mol. The molecule has 2 aliphatic rings. The maximum Gasteiger partial charge on any atom is 0.253 e. The lowest BCUT2D eigenvalue weighted by atomic mass is 9.87. The van der Waals surface area contributed by atoms with Crippen LogP contribution in [0.25, 0.3) is 16.8 Å². The van der Waals surface area contributed by atoms with Crippen LogP contribution in [0.15, 0.2) is 30.7 Å². The minimum atomic E-state index is -0.525. The number of ether oxygens (including phenoxy) is 1. The van der Waals surface area contributed by atoms with Gasteiger partial charge < -0.3 is 31.1 Å². The second-order valence-electron chi connectivity index (χ2n) is 11.8. The van der Waals surface area contributed by atoms with Gasteiger partial charge in [-0.25, -0.2) is 14.5 Å². The molecule has 5 N–H and O–H groups in total. The lowest BCUT2D eigenvalue weighted by Crippen LogP contribution is -2.51. The van der Waals surface area contributed by atoms with Crippen molar-refractivity contribution in [2.45, 2.75) is 70.6 Å². The highest BCUT2D eigenvalue weighted by Gasteiger charge is 2.34. The summed E-state index contributed by atoms with van der Waals surface area (Å²) in [6, 6.07) is 5.41. The van der Waals surface area contributed by atoms with Crippen molar-refractivity contribution in [1.29, 1.82) is 0 Å². The van der Waals surface area contributed by atoms with E-state index < -0.39 is 5.41 Å². The lowest BCUT2D eigenvalue weighted by Gasteiger charge is -2.37. The van der Waals surface area contributed by atoms with Gasteiger partial charge in [0.25, 0.3) is 5.91 Å². The third-order valence-electron chi connectivity index (χ3n) is 8.26. The zero-order chi connectivity index (χ0) is 29.1. The molecule has 1 saturated heterocycles. The fourth-order valence-electron chi connectivity index (χ4n) is 5.86. The van der Waals surface area contributed by atoms with Gasteiger partial charge in [0.1, 0.15) is 11.8 Å². The first-order chi connectivity index (χ1) is 19.6. The van der Waals surface area contributed by atoms with Crippen LogP contribution in [0.2, 0.25) is 0 Å². The molecule has 0 radical (unpaired) electrons. The van der Waals surface area contributed by atoms with Gasteiger partial charge in [0.05, 0.1) is 29.9 Å². The number of hydrogen-bond acceptors (Lipinski definition) is 9. The molecule has 2 amide bonds. The van der Waals surface area contributed by atoms with Crippen LogP contribution in [0.5, 0.6) is 5.88 Å². The summed E-state index contributed by atoms with van der Waals surface area (Å²) in [5, 5.41) is 20.5. The number of aromatic nitrogens is 4. The smallest absolute Gasteiger partial charge is 0.253 e. The number of likely N-dealkylation sites (tertiary alicyclic amines) is 1. The second-order valence-corrected chi connectivity index (χ2v) is 11.8. The molecule has 220 valence electrons. The summed E-state index contributed by atoms with van der Waals surface area (Å²) in [6.45, 7) is 6.26. The molecule has 1 aliphatic carbocycles. The lowest BCUT2D eigenvalue weighted by molar-refractivity contribution is -0.131. The van der Waals surface area contributed by atoms with Crippen molar-refractivity contribution in [3.05, 3.63) is 36.3 Å². The Hall–Kier alpha value is -3.77. The molecule has 1 saturated carbocycles. The van der Waals surface area contributed by atoms with E-state index >= 15 is 0 Å². The normalized spacial score (nSPS) is 20.6. The van der Waals surface area contributed by atoms with Gasteiger partial charge in [-0.05, 0) is 64.5 Å². The first kappa shape index (κ1) is 28.7. The number of aliphatic hydroxyl groups excluding tert-OH is 1. The van der Waals surface area contributed by atoms with Crippen molar-refractivity contribution in [2.75, 3.05) is 32.5 Å². The molecule has 0 bridgehead atoms. The summed E-state index contributed by atoms with van der Waals surface area (Å²) in [4.78, 5) is 37.2. The number of pyridine rings is 1. The van der Waals surface area contributed by atoms with E-state index in [1.54, 1.807) is 30.0 Å². The highest BCUT2D eigenvalue weighted by Crippen LogP contribution is 2.30. The zero-order valence-corrected chi connectivity index (χ0v) is 24.0. The minimum absolute atomic E-state index is 0.0197. The summed E-state index contributed by atoms with van der Waals surface area (Å²) in [7, 11) is 1.55. The van der Waals surface area contributed by atoms with Crippen LogP contribution in [0.1, 0.15) is 62.7 Å². The summed E-state index contributed by atoms with van der Waals surface area (Å²) in [6.07, 6.45) is 7.36. The molecular formula is C29H40N8O4. The minimum Gasteiger partial charge on any atom is -0.481 e. The molecule has 4 heterocycles. The van der Waals surface area contributed by atoms with Crippen LogP contribution >= 0.6 is 0 Å². The number of anilines is 1. The Kier molecular flexibility index (Phi) is 8.41. The molecular weight excluding hydrogens is 524 g/mol. The number of nitrogens with two attached hydrogens (primary N) is 1. The first-order valence-electron chi connectivity index (χ1n) is 14.3. The SMILES string of the molecule is COc1cc(-c2cc(C(=O)NC3CCC(NC(=O)C(C)(C)CN4CCC(O)CC4)CC3)c3c(N)ncnn23)ccn1.